The van der Waals surface area contributed by atoms with Crippen molar-refractivity contribution in [3.63, 3.8) is 0 Å². The van der Waals surface area contributed by atoms with E-state index in [1.54, 1.807) is 11.9 Å². The lowest BCUT2D eigenvalue weighted by molar-refractivity contribution is -0.134. The van der Waals surface area contributed by atoms with Crippen LogP contribution in [0.3, 0.4) is 0 Å². The van der Waals surface area contributed by atoms with Crippen LogP contribution >= 0.6 is 11.9 Å². The van der Waals surface area contributed by atoms with Gasteiger partial charge in [-0.05, 0) is 129 Å². The summed E-state index contributed by atoms with van der Waals surface area (Å²) in [6, 6.07) is 14.4. The summed E-state index contributed by atoms with van der Waals surface area (Å²) in [6.45, 7) is 9.28. The molecule has 15 nitrogen and oxygen atoms in total. The van der Waals surface area contributed by atoms with Gasteiger partial charge >= 0.3 is 12.2 Å². The van der Waals surface area contributed by atoms with Gasteiger partial charge in [-0.1, -0.05) is 58.0 Å². The maximum absolute atomic E-state index is 13.7. The van der Waals surface area contributed by atoms with E-state index in [1.807, 2.05) is 38.8 Å². The number of carbonyl (C=O) groups is 4. The molecule has 65 heavy (non-hydrogen) atoms. The van der Waals surface area contributed by atoms with E-state index in [9.17, 15) is 19.2 Å². The summed E-state index contributed by atoms with van der Waals surface area (Å²) in [6.07, 6.45) is 11.3. The van der Waals surface area contributed by atoms with Crippen molar-refractivity contribution in [2.45, 2.75) is 114 Å². The molecule has 2 saturated heterocycles. The smallest absolute Gasteiger partial charge is 0.407 e. The van der Waals surface area contributed by atoms with Gasteiger partial charge in [-0.2, -0.15) is 0 Å². The number of amides is 3. The quantitative estimate of drug-likeness (QED) is 0.0836. The molecule has 9 rings (SSSR count). The number of amidine groups is 1. The first-order valence-electron chi connectivity index (χ1n) is 22.9. The third kappa shape index (κ3) is 9.51. The molecule has 2 aliphatic carbocycles. The summed E-state index contributed by atoms with van der Waals surface area (Å²) in [5.41, 5.74) is 10.7. The van der Waals surface area contributed by atoms with Crippen molar-refractivity contribution in [2.75, 3.05) is 34.4 Å². The second kappa shape index (κ2) is 19.8. The van der Waals surface area contributed by atoms with Gasteiger partial charge in [0.05, 0.1) is 60.5 Å². The van der Waals surface area contributed by atoms with Crippen molar-refractivity contribution >= 4 is 47.9 Å². The minimum Gasteiger partial charge on any atom is -0.453 e. The van der Waals surface area contributed by atoms with E-state index in [1.165, 1.54) is 56.6 Å². The molecular formula is C49H61N9O6S. The number of ether oxygens (including phenoxy) is 2. The maximum atomic E-state index is 13.7. The van der Waals surface area contributed by atoms with E-state index in [0.717, 1.165) is 76.1 Å². The van der Waals surface area contributed by atoms with E-state index < -0.39 is 24.3 Å². The monoisotopic (exact) mass is 903 g/mol. The average Bonchev–Trinajstić information content (AvgIpc) is 4.19. The number of hydrogen-bond donors (Lipinski definition) is 4. The second-order valence-electron chi connectivity index (χ2n) is 18.4. The number of methoxy groups -OCH3 is 2. The Balaban J connectivity index is 0.000000466. The van der Waals surface area contributed by atoms with E-state index in [-0.39, 0.29) is 23.8 Å². The van der Waals surface area contributed by atoms with E-state index >= 15 is 0 Å². The van der Waals surface area contributed by atoms with Crippen LogP contribution in [-0.4, -0.2) is 107 Å². The number of nitrogens with one attached hydrogen (secondary N) is 4. The van der Waals surface area contributed by atoms with Gasteiger partial charge in [0.25, 0.3) is 0 Å². The third-order valence-corrected chi connectivity index (χ3v) is 14.5. The number of alkyl carbamates (subject to hydrolysis) is 2. The zero-order valence-corrected chi connectivity index (χ0v) is 39.2. The molecule has 0 radical (unpaired) electrons. The molecule has 4 N–H and O–H groups in total. The van der Waals surface area contributed by atoms with Gasteiger partial charge < -0.3 is 39.5 Å². The Labute approximate surface area is 385 Å². The number of nitrogens with zero attached hydrogens (tertiary/aromatic N) is 5. The van der Waals surface area contributed by atoms with Crippen LogP contribution in [0.15, 0.2) is 64.7 Å². The standard InChI is InChI=1S/C42H48N8O3S.C7H13NO3/c1-23(2)37(47-42(52)53-4)41(51)50-18-6-8-33(50)40-45-30-16-15-26(20-34(30)54-48-40)29-21-43-38(36-28-14-13-27(19-28)35(29)36)25-11-9-24(10-12-25)31-22-44-39(46-31)32-7-5-17-49(32)3;1-5(2)6(4-9)8-7(10)11-3/h9-12,15-16,20-23,27-28,32-33,37H,5-8,13-14,17-19H2,1-4H3,(H,44,46)(H,45,48)(H,47,52);4-6H,1-3H3,(H,8,10). The minimum atomic E-state index is -0.666. The first-order chi connectivity index (χ1) is 31.4. The number of rotatable bonds is 11. The van der Waals surface area contributed by atoms with Crippen molar-refractivity contribution in [1.29, 1.82) is 0 Å². The number of fused-ring (bicyclic) bond motifs is 6. The number of aromatic amines is 1. The Morgan fingerprint density at radius 1 is 0.815 bits per heavy atom. The molecule has 4 aromatic rings. The highest BCUT2D eigenvalue weighted by molar-refractivity contribution is 7.98. The molecule has 3 amide bonds. The summed E-state index contributed by atoms with van der Waals surface area (Å²) in [4.78, 5) is 70.5. The molecule has 6 atom stereocenters. The minimum absolute atomic E-state index is 0.0848. The van der Waals surface area contributed by atoms with Gasteiger partial charge in [-0.3, -0.25) is 14.7 Å². The van der Waals surface area contributed by atoms with Gasteiger partial charge in [0, 0.05) is 23.9 Å². The zero-order valence-electron chi connectivity index (χ0n) is 38.4. The average molecular weight is 904 g/mol. The number of H-pyrrole nitrogens is 1. The van der Waals surface area contributed by atoms with E-state index in [4.69, 9.17) is 19.7 Å². The van der Waals surface area contributed by atoms with Crippen molar-refractivity contribution in [3.05, 3.63) is 71.8 Å². The van der Waals surface area contributed by atoms with Crippen LogP contribution in [0, 0.1) is 11.8 Å². The molecule has 0 spiro atoms. The highest BCUT2D eigenvalue weighted by Gasteiger charge is 2.42. The number of aliphatic imine (C=N–C) groups is 1. The van der Waals surface area contributed by atoms with Gasteiger partial charge in [0.15, 0.2) is 0 Å². The third-order valence-electron chi connectivity index (χ3n) is 13.7. The van der Waals surface area contributed by atoms with Crippen molar-refractivity contribution in [3.8, 4) is 33.6 Å². The van der Waals surface area contributed by atoms with Gasteiger partial charge in [0.2, 0.25) is 5.91 Å². The van der Waals surface area contributed by atoms with E-state index in [0.29, 0.717) is 30.7 Å². The lowest BCUT2D eigenvalue weighted by Crippen LogP contribution is -2.54. The summed E-state index contributed by atoms with van der Waals surface area (Å²) in [7, 11) is 4.75. The summed E-state index contributed by atoms with van der Waals surface area (Å²) < 4.78 is 12.6. The fraction of sp³-hybridized carbons (Fsp3) is 0.490. The number of carbonyl (C=O) groups excluding carboxylic acids is 4. The Hall–Kier alpha value is -5.74. The molecular weight excluding hydrogens is 843 g/mol. The van der Waals surface area contributed by atoms with Gasteiger partial charge in [-0.25, -0.2) is 19.6 Å². The molecule has 344 valence electrons. The second-order valence-corrected chi connectivity index (χ2v) is 19.3. The number of imidazole rings is 1. The van der Waals surface area contributed by atoms with Gasteiger partial charge in [-0.15, -0.1) is 0 Å². The molecule has 5 aliphatic rings. The topological polar surface area (TPSA) is 183 Å². The van der Waals surface area contributed by atoms with Crippen LogP contribution < -0.4 is 15.4 Å². The van der Waals surface area contributed by atoms with Crippen LogP contribution in [0.5, 0.6) is 0 Å². The number of hydrogen-bond acceptors (Lipinski definition) is 12. The first-order valence-corrected chi connectivity index (χ1v) is 23.7. The molecule has 3 aliphatic heterocycles. The normalized spacial score (nSPS) is 21.7. The lowest BCUT2D eigenvalue weighted by atomic mass is 9.84. The molecule has 3 fully saturated rings. The highest BCUT2D eigenvalue weighted by atomic mass is 32.2. The van der Waals surface area contributed by atoms with Crippen LogP contribution in [0.2, 0.25) is 0 Å². The molecule has 2 aromatic heterocycles. The Morgan fingerprint density at radius 3 is 2.17 bits per heavy atom. The molecule has 1 saturated carbocycles. The molecule has 5 heterocycles. The number of pyridine rings is 1. The fourth-order valence-electron chi connectivity index (χ4n) is 10.1. The summed E-state index contributed by atoms with van der Waals surface area (Å²) >= 11 is 1.55. The number of aldehydes is 1. The Bertz CT molecular complexity index is 2440. The molecule has 16 heteroatoms. The number of aromatic nitrogens is 3. The number of likely N-dealkylation sites (tertiary alicyclic amines) is 2. The van der Waals surface area contributed by atoms with E-state index in [2.05, 4.69) is 85.7 Å². The maximum Gasteiger partial charge on any atom is 0.407 e. The highest BCUT2D eigenvalue weighted by Crippen LogP contribution is 2.58. The van der Waals surface area contributed by atoms with Gasteiger partial charge in [0.1, 0.15) is 24.0 Å². The van der Waals surface area contributed by atoms with Crippen LogP contribution in [0.4, 0.5) is 15.3 Å². The number of benzene rings is 2. The largest absolute Gasteiger partial charge is 0.453 e. The zero-order chi connectivity index (χ0) is 45.9. The molecule has 2 bridgehead atoms. The molecule has 6 unspecified atom stereocenters. The Kier molecular flexibility index (Phi) is 13.9. The van der Waals surface area contributed by atoms with Crippen molar-refractivity contribution in [1.82, 2.24) is 40.1 Å². The Morgan fingerprint density at radius 2 is 1.49 bits per heavy atom. The predicted molar refractivity (Wildman–Crippen MR) is 252 cm³/mol. The van der Waals surface area contributed by atoms with Crippen LogP contribution in [-0.2, 0) is 19.1 Å². The predicted octanol–water partition coefficient (Wildman–Crippen LogP) is 8.51. The first kappa shape index (κ1) is 45.8. The summed E-state index contributed by atoms with van der Waals surface area (Å²) in [5.74, 6) is 2.83. The lowest BCUT2D eigenvalue weighted by Gasteiger charge is -2.32. The van der Waals surface area contributed by atoms with Crippen LogP contribution in [0.1, 0.15) is 107 Å². The fourth-order valence-corrected chi connectivity index (χ4v) is 10.9. The van der Waals surface area contributed by atoms with Crippen molar-refractivity contribution < 1.29 is 28.7 Å². The molecule has 2 aromatic carbocycles. The van der Waals surface area contributed by atoms with Crippen molar-refractivity contribution in [2.24, 2.45) is 16.8 Å². The summed E-state index contributed by atoms with van der Waals surface area (Å²) in [5, 5.41) is 5.12. The SMILES string of the molecule is COC(=O)NC(C(=O)N1CCCC1C1=Nc2ccc(-c3cnc(-c4ccc(-c5cnc(C6CCCN6C)[nH]5)cc4)c4c3C3CCC4C3)cc2SN1)C(C)C.COC(=O)NC(C=O)C(C)C. The van der Waals surface area contributed by atoms with Crippen LogP contribution in [0.25, 0.3) is 33.6 Å².